The van der Waals surface area contributed by atoms with Gasteiger partial charge in [0, 0.05) is 18.9 Å². The minimum atomic E-state index is -0.273. The van der Waals surface area contributed by atoms with Crippen molar-refractivity contribution in [2.24, 2.45) is 45.8 Å². The van der Waals surface area contributed by atoms with Crippen LogP contribution in [-0.2, 0) is 20.9 Å². The van der Waals surface area contributed by atoms with Crippen molar-refractivity contribution in [3.05, 3.63) is 47.5 Å². The van der Waals surface area contributed by atoms with E-state index in [1.165, 1.54) is 24.8 Å². The Bertz CT molecular complexity index is 1290. The summed E-state index contributed by atoms with van der Waals surface area (Å²) in [5, 5.41) is 0. The van der Waals surface area contributed by atoms with Gasteiger partial charge in [0.15, 0.2) is 5.78 Å². The largest absolute Gasteiger partial charge is 0.445 e. The number of fused-ring (bicyclic) bond motifs is 6. The van der Waals surface area contributed by atoms with Gasteiger partial charge in [-0.2, -0.15) is 0 Å². The average Bonchev–Trinajstić information content (AvgIpc) is 3.43. The molecule has 6 aliphatic rings. The molecule has 1 spiro atoms. The number of carbonyl (C=O) groups excluding carboxylic acids is 2. The topological polar surface area (TPSA) is 55.8 Å². The zero-order valence-electron chi connectivity index (χ0n) is 26.7. The van der Waals surface area contributed by atoms with Crippen molar-refractivity contribution in [2.45, 2.75) is 117 Å². The third kappa shape index (κ3) is 3.83. The summed E-state index contributed by atoms with van der Waals surface area (Å²) in [6.07, 6.45) is 10.4. The Hall–Kier alpha value is -2.14. The molecule has 1 aromatic carbocycles. The van der Waals surface area contributed by atoms with Gasteiger partial charge in [-0.3, -0.25) is 4.79 Å². The molecule has 0 N–H and O–H groups in total. The second-order valence-corrected chi connectivity index (χ2v) is 16.1. The van der Waals surface area contributed by atoms with Crippen molar-refractivity contribution < 1.29 is 19.1 Å². The first-order valence-electron chi connectivity index (χ1n) is 16.8. The number of likely N-dealkylation sites (tertiary alicyclic amines) is 1. The molecule has 2 heterocycles. The molecular weight excluding hydrogens is 522 g/mol. The van der Waals surface area contributed by atoms with E-state index in [2.05, 4.69) is 41.5 Å². The van der Waals surface area contributed by atoms with Crippen molar-refractivity contribution in [3.63, 3.8) is 0 Å². The zero-order valence-corrected chi connectivity index (χ0v) is 26.7. The number of hydrogen-bond donors (Lipinski definition) is 0. The highest BCUT2D eigenvalue weighted by Crippen LogP contribution is 2.75. The highest BCUT2D eigenvalue weighted by molar-refractivity contribution is 5.91. The van der Waals surface area contributed by atoms with E-state index in [-0.39, 0.29) is 46.0 Å². The number of allylic oxidation sites excluding steroid dienone is 2. The highest BCUT2D eigenvalue weighted by atomic mass is 16.6. The van der Waals surface area contributed by atoms with Gasteiger partial charge in [0.2, 0.25) is 0 Å². The lowest BCUT2D eigenvalue weighted by Crippen LogP contribution is -2.62. The Balaban J connectivity index is 1.18. The number of rotatable bonds is 2. The lowest BCUT2D eigenvalue weighted by molar-refractivity contribution is -0.218. The van der Waals surface area contributed by atoms with Crippen LogP contribution in [0.2, 0.25) is 0 Å². The minimum absolute atomic E-state index is 0.0454. The third-order valence-corrected chi connectivity index (χ3v) is 14.3. The second kappa shape index (κ2) is 9.68. The standard InChI is InChI=1S/C37H51NO4/c1-23-18-31-32(38(21-23)33(40)41-22-25-10-8-7-9-11-25)24(2)37(42-31)17-15-29-28-13-12-26-19-27(39)14-16-35(26,5)30(28)20-36(29,6)34(37,3)4/h7-11,19,23-24,28-32H,12-18,20-22H2,1-6H3/t23-,24+,28-,29-,30-,31+,32-,35-,36-,37+/m0/s1. The molecule has 4 aliphatic carbocycles. The molecule has 0 unspecified atom stereocenters. The molecule has 2 aliphatic heterocycles. The zero-order chi connectivity index (χ0) is 29.7. The van der Waals surface area contributed by atoms with Crippen LogP contribution in [0.3, 0.4) is 0 Å². The van der Waals surface area contributed by atoms with E-state index in [9.17, 15) is 9.59 Å². The number of nitrogens with zero attached hydrogens (tertiary/aromatic N) is 1. The fourth-order valence-corrected chi connectivity index (χ4v) is 11.7. The second-order valence-electron chi connectivity index (χ2n) is 16.1. The fourth-order valence-electron chi connectivity index (χ4n) is 11.7. The number of ether oxygens (including phenoxy) is 2. The van der Waals surface area contributed by atoms with Gasteiger partial charge in [-0.1, -0.05) is 77.4 Å². The van der Waals surface area contributed by atoms with E-state index in [0.717, 1.165) is 43.7 Å². The van der Waals surface area contributed by atoms with Crippen LogP contribution in [0.15, 0.2) is 42.0 Å². The van der Waals surface area contributed by atoms with Gasteiger partial charge >= 0.3 is 6.09 Å². The van der Waals surface area contributed by atoms with E-state index >= 15 is 0 Å². The van der Waals surface area contributed by atoms with Crippen LogP contribution in [-0.4, -0.2) is 41.1 Å². The monoisotopic (exact) mass is 573 g/mol. The first kappa shape index (κ1) is 28.6. The van der Waals surface area contributed by atoms with Crippen LogP contribution >= 0.6 is 0 Å². The molecule has 228 valence electrons. The molecule has 0 bridgehead atoms. The van der Waals surface area contributed by atoms with Crippen LogP contribution < -0.4 is 0 Å². The van der Waals surface area contributed by atoms with Crippen molar-refractivity contribution in [3.8, 4) is 0 Å². The quantitative estimate of drug-likeness (QED) is 0.360. The summed E-state index contributed by atoms with van der Waals surface area (Å²) in [5.74, 6) is 2.99. The summed E-state index contributed by atoms with van der Waals surface area (Å²) in [6.45, 7) is 15.7. The predicted molar refractivity (Wildman–Crippen MR) is 164 cm³/mol. The van der Waals surface area contributed by atoms with Crippen LogP contribution in [0.25, 0.3) is 0 Å². The van der Waals surface area contributed by atoms with E-state index in [1.54, 1.807) is 0 Å². The summed E-state index contributed by atoms with van der Waals surface area (Å²) in [7, 11) is 0. The van der Waals surface area contributed by atoms with Gasteiger partial charge in [0.1, 0.15) is 6.61 Å². The molecule has 42 heavy (non-hydrogen) atoms. The molecule has 7 rings (SSSR count). The average molecular weight is 574 g/mol. The Kier molecular flexibility index (Phi) is 6.60. The lowest BCUT2D eigenvalue weighted by atomic mass is 9.46. The van der Waals surface area contributed by atoms with E-state index in [0.29, 0.717) is 36.6 Å². The van der Waals surface area contributed by atoms with Gasteiger partial charge in [-0.05, 0) is 96.5 Å². The molecule has 1 aromatic rings. The molecular formula is C37H51NO4. The SMILES string of the molecule is C[C@H]1C[C@H]2O[C@]3(CC[C@H]4[C@@H]5CCC6=CC(=O)CC[C@]6(C)[C@H]5C[C@]4(C)C3(C)C)[C@H](C)[C@@H]2N(C(=O)OCc2ccccc2)C1. The summed E-state index contributed by atoms with van der Waals surface area (Å²) in [4.78, 5) is 28.1. The number of carbonyl (C=O) groups is 2. The van der Waals surface area contributed by atoms with Crippen LogP contribution in [0, 0.1) is 45.8 Å². The molecule has 0 aromatic heterocycles. The molecule has 3 saturated carbocycles. The predicted octanol–water partition coefficient (Wildman–Crippen LogP) is 7.98. The first-order chi connectivity index (χ1) is 19.9. The molecule has 5 heteroatoms. The Morgan fingerprint density at radius 3 is 2.55 bits per heavy atom. The molecule has 2 saturated heterocycles. The summed E-state index contributed by atoms with van der Waals surface area (Å²) >= 11 is 0. The maximum atomic E-state index is 13.7. The smallest absolute Gasteiger partial charge is 0.410 e. The number of hydrogen-bond acceptors (Lipinski definition) is 4. The fraction of sp³-hybridized carbons (Fsp3) is 0.730. The maximum Gasteiger partial charge on any atom is 0.410 e. The van der Waals surface area contributed by atoms with Crippen molar-refractivity contribution in [2.75, 3.05) is 6.54 Å². The number of piperidine rings is 1. The molecule has 5 fully saturated rings. The van der Waals surface area contributed by atoms with Gasteiger partial charge in [-0.15, -0.1) is 0 Å². The number of ketones is 1. The molecule has 10 atom stereocenters. The molecule has 0 radical (unpaired) electrons. The van der Waals surface area contributed by atoms with Crippen LogP contribution in [0.4, 0.5) is 4.79 Å². The van der Waals surface area contributed by atoms with E-state index in [4.69, 9.17) is 9.47 Å². The Morgan fingerprint density at radius 2 is 1.79 bits per heavy atom. The third-order valence-electron chi connectivity index (χ3n) is 14.3. The first-order valence-corrected chi connectivity index (χ1v) is 16.8. The minimum Gasteiger partial charge on any atom is -0.445 e. The molecule has 1 amide bonds. The van der Waals surface area contributed by atoms with Crippen LogP contribution in [0.1, 0.15) is 98.5 Å². The van der Waals surface area contributed by atoms with Crippen molar-refractivity contribution in [1.29, 1.82) is 0 Å². The van der Waals surface area contributed by atoms with Gasteiger partial charge in [0.05, 0.1) is 17.7 Å². The van der Waals surface area contributed by atoms with Crippen molar-refractivity contribution >= 4 is 11.9 Å². The summed E-state index contributed by atoms with van der Waals surface area (Å²) in [6, 6.07) is 10.0. The summed E-state index contributed by atoms with van der Waals surface area (Å²) in [5.41, 5.74) is 2.43. The van der Waals surface area contributed by atoms with Gasteiger partial charge in [0.25, 0.3) is 0 Å². The van der Waals surface area contributed by atoms with E-state index in [1.807, 2.05) is 41.3 Å². The van der Waals surface area contributed by atoms with Gasteiger partial charge in [-0.25, -0.2) is 4.79 Å². The normalized spacial score (nSPS) is 45.5. The maximum absolute atomic E-state index is 13.7. The number of amides is 1. The van der Waals surface area contributed by atoms with Gasteiger partial charge < -0.3 is 14.4 Å². The Morgan fingerprint density at radius 1 is 1.02 bits per heavy atom. The Labute approximate surface area is 252 Å². The highest BCUT2D eigenvalue weighted by Gasteiger charge is 2.73. The van der Waals surface area contributed by atoms with E-state index < -0.39 is 0 Å². The number of benzene rings is 1. The summed E-state index contributed by atoms with van der Waals surface area (Å²) < 4.78 is 13.3. The molecule has 5 nitrogen and oxygen atoms in total. The lowest BCUT2D eigenvalue weighted by Gasteiger charge is -2.62. The van der Waals surface area contributed by atoms with Crippen LogP contribution in [0.5, 0.6) is 0 Å². The van der Waals surface area contributed by atoms with Crippen molar-refractivity contribution in [1.82, 2.24) is 4.90 Å².